The number of benzene rings is 3. The number of ether oxygens (including phenoxy) is 1. The molecule has 0 aliphatic heterocycles. The van der Waals surface area contributed by atoms with E-state index in [2.05, 4.69) is 5.32 Å². The Hall–Kier alpha value is -3.50. The normalized spacial score (nSPS) is 10.3. The summed E-state index contributed by atoms with van der Waals surface area (Å²) in [6.07, 6.45) is 0. The summed E-state index contributed by atoms with van der Waals surface area (Å²) in [4.78, 5) is 25.1. The van der Waals surface area contributed by atoms with Crippen LogP contribution in [0, 0.1) is 17.6 Å². The number of hydrogen-bond donors (Lipinski definition) is 2. The molecule has 140 valence electrons. The van der Waals surface area contributed by atoms with E-state index in [1.54, 1.807) is 43.3 Å². The van der Waals surface area contributed by atoms with E-state index in [1.807, 2.05) is 17.5 Å². The molecule has 0 atom stereocenters. The predicted octanol–water partition coefficient (Wildman–Crippen LogP) is 4.22. The summed E-state index contributed by atoms with van der Waals surface area (Å²) in [5.41, 5.74) is 1.35. The van der Waals surface area contributed by atoms with E-state index in [0.717, 1.165) is 27.6 Å². The third-order valence-corrected chi connectivity index (χ3v) is 4.67. The van der Waals surface area contributed by atoms with E-state index in [9.17, 15) is 14.7 Å². The minimum atomic E-state index is -0.782. The van der Waals surface area contributed by atoms with Gasteiger partial charge in [-0.1, -0.05) is 30.3 Å². The molecule has 0 aliphatic rings. The van der Waals surface area contributed by atoms with Gasteiger partial charge in [0.1, 0.15) is 16.7 Å². The molecule has 7 heteroatoms. The molecule has 1 amide bonds. The number of thiocyanates is 1. The molecule has 3 aromatic carbocycles. The van der Waals surface area contributed by atoms with Crippen LogP contribution in [0.1, 0.15) is 15.9 Å². The van der Waals surface area contributed by atoms with Gasteiger partial charge in [0.25, 0.3) is 5.91 Å². The molecule has 0 saturated heterocycles. The number of nitriles is 1. The Morgan fingerprint density at radius 3 is 2.71 bits per heavy atom. The zero-order valence-corrected chi connectivity index (χ0v) is 15.7. The lowest BCUT2D eigenvalue weighted by molar-refractivity contribution is -0.119. The molecule has 0 aromatic heterocycles. The highest BCUT2D eigenvalue weighted by Crippen LogP contribution is 2.29. The summed E-state index contributed by atoms with van der Waals surface area (Å²) in [5, 5.41) is 25.0. The largest absolute Gasteiger partial charge is 0.506 e. The summed E-state index contributed by atoms with van der Waals surface area (Å²) >= 11 is 1.03. The molecule has 0 heterocycles. The second-order valence-electron chi connectivity index (χ2n) is 5.98. The molecule has 0 radical (unpaired) electrons. The number of esters is 1. The number of rotatable bonds is 5. The Balaban J connectivity index is 1.64. The number of phenols is 1. The first kappa shape index (κ1) is 19.3. The third-order valence-electron chi connectivity index (χ3n) is 4.09. The summed E-state index contributed by atoms with van der Waals surface area (Å²) in [6, 6.07) is 15.5. The second kappa shape index (κ2) is 8.46. The van der Waals surface area contributed by atoms with E-state index in [-0.39, 0.29) is 11.3 Å². The molecule has 6 nitrogen and oxygen atoms in total. The van der Waals surface area contributed by atoms with Crippen LogP contribution in [0.3, 0.4) is 0 Å². The Bertz CT molecular complexity index is 1110. The van der Waals surface area contributed by atoms with Crippen molar-refractivity contribution in [2.75, 3.05) is 11.9 Å². The highest BCUT2D eigenvalue weighted by Gasteiger charge is 2.16. The minimum absolute atomic E-state index is 0.000520. The first-order valence-corrected chi connectivity index (χ1v) is 9.15. The van der Waals surface area contributed by atoms with Gasteiger partial charge in [0.2, 0.25) is 0 Å². The average molecular weight is 392 g/mol. The van der Waals surface area contributed by atoms with Gasteiger partial charge >= 0.3 is 5.97 Å². The molecule has 3 aromatic rings. The number of thioether (sulfide) groups is 1. The molecular weight excluding hydrogens is 376 g/mol. The van der Waals surface area contributed by atoms with Crippen LogP contribution in [0.2, 0.25) is 0 Å². The van der Waals surface area contributed by atoms with Crippen molar-refractivity contribution < 1.29 is 19.4 Å². The Kier molecular flexibility index (Phi) is 5.82. The Morgan fingerprint density at radius 2 is 1.96 bits per heavy atom. The van der Waals surface area contributed by atoms with Gasteiger partial charge in [-0.15, -0.1) is 0 Å². The fourth-order valence-electron chi connectivity index (χ4n) is 2.71. The van der Waals surface area contributed by atoms with Crippen molar-refractivity contribution in [3.05, 3.63) is 65.7 Å². The van der Waals surface area contributed by atoms with Crippen LogP contribution in [-0.2, 0) is 9.53 Å². The molecule has 3 rings (SSSR count). The van der Waals surface area contributed by atoms with Crippen LogP contribution in [-0.4, -0.2) is 23.6 Å². The van der Waals surface area contributed by atoms with Gasteiger partial charge in [-0.3, -0.25) is 4.79 Å². The van der Waals surface area contributed by atoms with Crippen molar-refractivity contribution in [2.45, 2.75) is 11.8 Å². The Labute approximate surface area is 165 Å². The van der Waals surface area contributed by atoms with Crippen molar-refractivity contribution in [1.82, 2.24) is 0 Å². The number of fused-ring (bicyclic) bond motifs is 1. The number of hydrogen-bond acceptors (Lipinski definition) is 6. The molecule has 0 spiro atoms. The van der Waals surface area contributed by atoms with Gasteiger partial charge in [0.15, 0.2) is 6.61 Å². The maximum Gasteiger partial charge on any atom is 0.342 e. The second-order valence-corrected chi connectivity index (χ2v) is 6.84. The first-order valence-electron chi connectivity index (χ1n) is 8.34. The van der Waals surface area contributed by atoms with Crippen LogP contribution in [0.25, 0.3) is 10.8 Å². The number of nitrogens with zero attached hydrogens (tertiary/aromatic N) is 1. The molecular formula is C21H16N2O4S. The number of aromatic hydroxyl groups is 1. The zero-order chi connectivity index (χ0) is 20.1. The maximum absolute atomic E-state index is 12.3. The van der Waals surface area contributed by atoms with E-state index in [0.29, 0.717) is 11.1 Å². The third kappa shape index (κ3) is 4.24. The molecule has 0 bridgehead atoms. The van der Waals surface area contributed by atoms with E-state index < -0.39 is 18.5 Å². The van der Waals surface area contributed by atoms with Crippen LogP contribution in [0.5, 0.6) is 5.75 Å². The van der Waals surface area contributed by atoms with Gasteiger partial charge in [0.05, 0.1) is 0 Å². The lowest BCUT2D eigenvalue weighted by Gasteiger charge is -2.11. The molecule has 2 N–H and O–H groups in total. The number of carbonyl (C=O) groups is 2. The summed E-state index contributed by atoms with van der Waals surface area (Å²) in [5.74, 6) is -1.46. The fourth-order valence-corrected chi connectivity index (χ4v) is 3.18. The first-order chi connectivity index (χ1) is 13.5. The highest BCUT2D eigenvalue weighted by atomic mass is 32.2. The van der Waals surface area contributed by atoms with Crippen LogP contribution < -0.4 is 5.32 Å². The molecule has 0 aliphatic carbocycles. The van der Waals surface area contributed by atoms with Gasteiger partial charge < -0.3 is 15.2 Å². The topological polar surface area (TPSA) is 99.4 Å². The van der Waals surface area contributed by atoms with Gasteiger partial charge in [-0.05, 0) is 53.9 Å². The quantitative estimate of drug-likeness (QED) is 0.383. The summed E-state index contributed by atoms with van der Waals surface area (Å²) < 4.78 is 5.04. The minimum Gasteiger partial charge on any atom is -0.506 e. The summed E-state index contributed by atoms with van der Waals surface area (Å²) in [6.45, 7) is 1.31. The average Bonchev–Trinajstić information content (AvgIpc) is 2.69. The number of phenolic OH excluding ortho intramolecular Hbond substituents is 1. The van der Waals surface area contributed by atoms with Crippen molar-refractivity contribution in [3.8, 4) is 11.2 Å². The van der Waals surface area contributed by atoms with Gasteiger partial charge in [0, 0.05) is 16.0 Å². The SMILES string of the molecule is Cc1cc(SC#N)ccc1NC(=O)COC(=O)c1ccc2ccccc2c1O. The van der Waals surface area contributed by atoms with Crippen molar-refractivity contribution in [3.63, 3.8) is 0 Å². The van der Waals surface area contributed by atoms with Crippen molar-refractivity contribution in [2.24, 2.45) is 0 Å². The monoisotopic (exact) mass is 392 g/mol. The lowest BCUT2D eigenvalue weighted by atomic mass is 10.1. The molecule has 0 unspecified atom stereocenters. The van der Waals surface area contributed by atoms with E-state index in [4.69, 9.17) is 10.00 Å². The van der Waals surface area contributed by atoms with E-state index >= 15 is 0 Å². The number of aryl methyl sites for hydroxylation is 1. The number of nitrogens with one attached hydrogen (secondary N) is 1. The number of anilines is 1. The van der Waals surface area contributed by atoms with Gasteiger partial charge in [-0.25, -0.2) is 4.79 Å². The molecule has 0 saturated carbocycles. The molecule has 0 fully saturated rings. The maximum atomic E-state index is 12.3. The lowest BCUT2D eigenvalue weighted by Crippen LogP contribution is -2.21. The van der Waals surface area contributed by atoms with Crippen molar-refractivity contribution >= 4 is 40.1 Å². The van der Waals surface area contributed by atoms with Crippen LogP contribution >= 0.6 is 11.8 Å². The van der Waals surface area contributed by atoms with Crippen LogP contribution in [0.4, 0.5) is 5.69 Å². The highest BCUT2D eigenvalue weighted by molar-refractivity contribution is 8.03. The van der Waals surface area contributed by atoms with Gasteiger partial charge in [-0.2, -0.15) is 5.26 Å². The summed E-state index contributed by atoms with van der Waals surface area (Å²) in [7, 11) is 0. The number of carbonyl (C=O) groups excluding carboxylic acids is 2. The smallest absolute Gasteiger partial charge is 0.342 e. The van der Waals surface area contributed by atoms with Crippen molar-refractivity contribution in [1.29, 1.82) is 5.26 Å². The van der Waals surface area contributed by atoms with Crippen LogP contribution in [0.15, 0.2) is 59.5 Å². The zero-order valence-electron chi connectivity index (χ0n) is 14.9. The Morgan fingerprint density at radius 1 is 1.18 bits per heavy atom. The molecule has 28 heavy (non-hydrogen) atoms. The fraction of sp³-hybridized carbons (Fsp3) is 0.0952. The predicted molar refractivity (Wildman–Crippen MR) is 107 cm³/mol. The standard InChI is InChI=1S/C21H16N2O4S/c1-13-10-15(28-12-22)7-9-18(13)23-19(24)11-27-21(26)17-8-6-14-4-2-3-5-16(14)20(17)25/h2-10,25H,11H2,1H3,(H,23,24). The van der Waals surface area contributed by atoms with E-state index in [1.165, 1.54) is 6.07 Å². The number of amides is 1.